The van der Waals surface area contributed by atoms with E-state index in [9.17, 15) is 18.0 Å². The molecule has 3 nitrogen and oxygen atoms in total. The Hall–Kier alpha value is -1.43. The molecular formula is C14H18ClF3N2O. The summed E-state index contributed by atoms with van der Waals surface area (Å²) in [6.45, 7) is 5.78. The fourth-order valence-corrected chi connectivity index (χ4v) is 1.73. The lowest BCUT2D eigenvalue weighted by Gasteiger charge is -2.18. The van der Waals surface area contributed by atoms with Crippen molar-refractivity contribution in [2.24, 2.45) is 5.92 Å². The molecule has 21 heavy (non-hydrogen) atoms. The highest BCUT2D eigenvalue weighted by Gasteiger charge is 2.30. The van der Waals surface area contributed by atoms with Crippen LogP contribution in [0.5, 0.6) is 0 Å². The van der Waals surface area contributed by atoms with Gasteiger partial charge in [0.15, 0.2) is 0 Å². The zero-order valence-electron chi connectivity index (χ0n) is 12.0. The van der Waals surface area contributed by atoms with Gasteiger partial charge in [-0.2, -0.15) is 13.2 Å². The Bertz CT molecular complexity index is 503. The monoisotopic (exact) mass is 322 g/mol. The maximum absolute atomic E-state index is 12.5. The van der Waals surface area contributed by atoms with Crippen molar-refractivity contribution in [2.75, 3.05) is 11.9 Å². The summed E-state index contributed by atoms with van der Waals surface area (Å²) >= 11 is 5.78. The first-order valence-electron chi connectivity index (χ1n) is 6.51. The number of rotatable bonds is 5. The van der Waals surface area contributed by atoms with Crippen LogP contribution in [-0.2, 0) is 11.0 Å². The normalized spacial score (nSPS) is 13.1. The molecule has 0 aromatic heterocycles. The van der Waals surface area contributed by atoms with Crippen molar-refractivity contribution in [2.45, 2.75) is 33.0 Å². The van der Waals surface area contributed by atoms with Crippen molar-refractivity contribution < 1.29 is 18.0 Å². The highest BCUT2D eigenvalue weighted by Crippen LogP contribution is 2.33. The number of amides is 1. The van der Waals surface area contributed by atoms with Crippen LogP contribution in [0.2, 0.25) is 5.02 Å². The highest BCUT2D eigenvalue weighted by molar-refractivity contribution is 6.33. The molecular weight excluding hydrogens is 305 g/mol. The number of benzene rings is 1. The molecule has 1 unspecified atom stereocenters. The molecule has 0 saturated carbocycles. The van der Waals surface area contributed by atoms with E-state index in [1.165, 1.54) is 6.07 Å². The van der Waals surface area contributed by atoms with Gasteiger partial charge < -0.3 is 10.6 Å². The minimum Gasteiger partial charge on any atom is -0.375 e. The van der Waals surface area contributed by atoms with Crippen LogP contribution in [0.25, 0.3) is 0 Å². The summed E-state index contributed by atoms with van der Waals surface area (Å²) in [4.78, 5) is 11.7. The van der Waals surface area contributed by atoms with E-state index in [2.05, 4.69) is 10.6 Å². The van der Waals surface area contributed by atoms with E-state index >= 15 is 0 Å². The molecule has 1 aromatic rings. The first kappa shape index (κ1) is 17.6. The Labute approximate surface area is 126 Å². The molecule has 0 spiro atoms. The van der Waals surface area contributed by atoms with E-state index in [0.717, 1.165) is 12.1 Å². The van der Waals surface area contributed by atoms with E-state index in [4.69, 9.17) is 11.6 Å². The predicted molar refractivity (Wildman–Crippen MR) is 77.4 cm³/mol. The first-order valence-corrected chi connectivity index (χ1v) is 6.89. The molecule has 1 rings (SSSR count). The Morgan fingerprint density at radius 2 is 1.90 bits per heavy atom. The van der Waals surface area contributed by atoms with Gasteiger partial charge in [-0.25, -0.2) is 0 Å². The van der Waals surface area contributed by atoms with Crippen molar-refractivity contribution in [1.29, 1.82) is 0 Å². The molecule has 1 amide bonds. The van der Waals surface area contributed by atoms with Crippen LogP contribution in [0.4, 0.5) is 18.9 Å². The van der Waals surface area contributed by atoms with Crippen LogP contribution < -0.4 is 10.6 Å². The third kappa shape index (κ3) is 5.46. The average Bonchev–Trinajstić information content (AvgIpc) is 2.35. The summed E-state index contributed by atoms with van der Waals surface area (Å²) in [6.07, 6.45) is -4.44. The van der Waals surface area contributed by atoms with Gasteiger partial charge >= 0.3 is 6.18 Å². The van der Waals surface area contributed by atoms with E-state index in [-0.39, 0.29) is 29.2 Å². The second-order valence-electron chi connectivity index (χ2n) is 5.15. The number of hydrogen-bond acceptors (Lipinski definition) is 2. The molecule has 0 bridgehead atoms. The molecule has 2 N–H and O–H groups in total. The van der Waals surface area contributed by atoms with E-state index < -0.39 is 11.7 Å². The molecule has 0 radical (unpaired) electrons. The molecule has 0 fully saturated rings. The zero-order valence-corrected chi connectivity index (χ0v) is 12.8. The predicted octanol–water partition coefficient (Wildman–Crippen LogP) is 3.93. The van der Waals surface area contributed by atoms with Crippen molar-refractivity contribution in [3.05, 3.63) is 28.8 Å². The zero-order chi connectivity index (χ0) is 16.2. The molecule has 0 heterocycles. The maximum Gasteiger partial charge on any atom is 0.416 e. The summed E-state index contributed by atoms with van der Waals surface area (Å²) < 4.78 is 37.5. The molecule has 0 aliphatic rings. The van der Waals surface area contributed by atoms with Crippen LogP contribution in [0.1, 0.15) is 26.3 Å². The van der Waals surface area contributed by atoms with Gasteiger partial charge in [0, 0.05) is 6.04 Å². The highest BCUT2D eigenvalue weighted by atomic mass is 35.5. The maximum atomic E-state index is 12.5. The van der Waals surface area contributed by atoms with Crippen LogP contribution in [-0.4, -0.2) is 18.5 Å². The summed E-state index contributed by atoms with van der Waals surface area (Å²) in [5.41, 5.74) is -0.534. The fraction of sp³-hybridized carbons (Fsp3) is 0.500. The Morgan fingerprint density at radius 3 is 2.38 bits per heavy atom. The number of carbonyl (C=O) groups is 1. The Balaban J connectivity index is 2.62. The van der Waals surface area contributed by atoms with Gasteiger partial charge in [-0.1, -0.05) is 25.4 Å². The van der Waals surface area contributed by atoms with Gasteiger partial charge in [-0.15, -0.1) is 0 Å². The SMILES string of the molecule is CC(C)C(C)NC(=O)CNc1ccc(C(F)(F)F)cc1Cl. The van der Waals surface area contributed by atoms with E-state index in [1.54, 1.807) is 0 Å². The smallest absolute Gasteiger partial charge is 0.375 e. The Kier molecular flexibility index (Phi) is 5.89. The van der Waals surface area contributed by atoms with E-state index in [0.29, 0.717) is 5.92 Å². The van der Waals surface area contributed by atoms with Crippen LogP contribution >= 0.6 is 11.6 Å². The van der Waals surface area contributed by atoms with Gasteiger partial charge in [0.1, 0.15) is 0 Å². The summed E-state index contributed by atoms with van der Waals surface area (Å²) in [6, 6.07) is 2.98. The van der Waals surface area contributed by atoms with Crippen molar-refractivity contribution >= 4 is 23.2 Å². The molecule has 0 aliphatic carbocycles. The number of halogens is 4. The second-order valence-corrected chi connectivity index (χ2v) is 5.55. The first-order chi connectivity index (χ1) is 9.61. The number of anilines is 1. The quantitative estimate of drug-likeness (QED) is 0.862. The minimum absolute atomic E-state index is 0.0161. The van der Waals surface area contributed by atoms with Gasteiger partial charge in [0.05, 0.1) is 22.8 Å². The third-order valence-corrected chi connectivity index (χ3v) is 3.44. The summed E-state index contributed by atoms with van der Waals surface area (Å²) in [7, 11) is 0. The molecule has 118 valence electrons. The number of alkyl halides is 3. The standard InChI is InChI=1S/C14H18ClF3N2O/c1-8(2)9(3)20-13(21)7-19-12-5-4-10(6-11(12)15)14(16,17)18/h4-6,8-9,19H,7H2,1-3H3,(H,20,21). The second kappa shape index (κ2) is 7.02. The minimum atomic E-state index is -4.44. The van der Waals surface area contributed by atoms with Crippen LogP contribution in [0, 0.1) is 5.92 Å². The summed E-state index contributed by atoms with van der Waals surface area (Å²) in [5, 5.41) is 5.43. The van der Waals surface area contributed by atoms with Crippen LogP contribution in [0.3, 0.4) is 0 Å². The molecule has 1 atom stereocenters. The van der Waals surface area contributed by atoms with Gasteiger partial charge in [-0.3, -0.25) is 4.79 Å². The topological polar surface area (TPSA) is 41.1 Å². The van der Waals surface area contributed by atoms with Crippen LogP contribution in [0.15, 0.2) is 18.2 Å². The molecule has 0 saturated heterocycles. The lowest BCUT2D eigenvalue weighted by Crippen LogP contribution is -2.39. The van der Waals surface area contributed by atoms with Gasteiger partial charge in [0.25, 0.3) is 0 Å². The van der Waals surface area contributed by atoms with Gasteiger partial charge in [-0.05, 0) is 31.0 Å². The molecule has 1 aromatic carbocycles. The fourth-order valence-electron chi connectivity index (χ4n) is 1.48. The molecule has 7 heteroatoms. The number of nitrogens with one attached hydrogen (secondary N) is 2. The van der Waals surface area contributed by atoms with Crippen molar-refractivity contribution in [3.63, 3.8) is 0 Å². The van der Waals surface area contributed by atoms with E-state index in [1.807, 2.05) is 20.8 Å². The number of carbonyl (C=O) groups excluding carboxylic acids is 1. The average molecular weight is 323 g/mol. The van der Waals surface area contributed by atoms with Gasteiger partial charge in [0.2, 0.25) is 5.91 Å². The third-order valence-electron chi connectivity index (χ3n) is 3.12. The lowest BCUT2D eigenvalue weighted by molar-refractivity contribution is -0.137. The van der Waals surface area contributed by atoms with Crippen molar-refractivity contribution in [1.82, 2.24) is 5.32 Å². The van der Waals surface area contributed by atoms with Crippen molar-refractivity contribution in [3.8, 4) is 0 Å². The summed E-state index contributed by atoms with van der Waals surface area (Å²) in [5.74, 6) is 0.0516. The largest absolute Gasteiger partial charge is 0.416 e. The molecule has 0 aliphatic heterocycles. The lowest BCUT2D eigenvalue weighted by atomic mass is 10.1. The Morgan fingerprint density at radius 1 is 1.29 bits per heavy atom. The number of hydrogen-bond donors (Lipinski definition) is 2.